The molecule has 0 saturated heterocycles. The van der Waals surface area contributed by atoms with Gasteiger partial charge in [-0.3, -0.25) is 9.59 Å². The first kappa shape index (κ1) is 18.3. The number of phenols is 1. The van der Waals surface area contributed by atoms with E-state index in [0.29, 0.717) is 16.8 Å². The molecular weight excluding hydrogens is 372 g/mol. The monoisotopic (exact) mass is 392 g/mol. The first-order chi connectivity index (χ1) is 13.6. The van der Waals surface area contributed by atoms with Gasteiger partial charge in [-0.15, -0.1) is 11.3 Å². The Morgan fingerprint density at radius 2 is 1.64 bits per heavy atom. The second kappa shape index (κ2) is 7.86. The lowest BCUT2D eigenvalue weighted by atomic mass is 10.1. The molecule has 1 aliphatic rings. The van der Waals surface area contributed by atoms with Crippen LogP contribution in [-0.2, 0) is 6.42 Å². The molecule has 2 aromatic carbocycles. The van der Waals surface area contributed by atoms with Gasteiger partial charge in [-0.1, -0.05) is 0 Å². The van der Waals surface area contributed by atoms with E-state index in [4.69, 9.17) is 0 Å². The standard InChI is InChI=1S/C22H20N2O3S/c25-18-10-6-15(7-11-18)21(26)23-17-8-4-16(5-9-17)22(27)24-13-2-1-3-20-19(24)12-14-28-20/h4-12,14,25H,1-3,13H2,(H,23,26). The van der Waals surface area contributed by atoms with Gasteiger partial charge in [-0.05, 0) is 79.2 Å². The molecular formula is C22H20N2O3S. The van der Waals surface area contributed by atoms with Crippen LogP contribution in [0.1, 0.15) is 38.4 Å². The highest BCUT2D eigenvalue weighted by Gasteiger charge is 2.23. The molecule has 1 aliphatic heterocycles. The minimum Gasteiger partial charge on any atom is -0.508 e. The van der Waals surface area contributed by atoms with Crippen molar-refractivity contribution < 1.29 is 14.7 Å². The van der Waals surface area contributed by atoms with Crippen LogP contribution >= 0.6 is 11.3 Å². The summed E-state index contributed by atoms with van der Waals surface area (Å²) < 4.78 is 0. The lowest BCUT2D eigenvalue weighted by Gasteiger charge is -2.21. The van der Waals surface area contributed by atoms with Gasteiger partial charge in [0.25, 0.3) is 11.8 Å². The second-order valence-corrected chi connectivity index (χ2v) is 7.72. The van der Waals surface area contributed by atoms with Crippen molar-refractivity contribution in [2.75, 3.05) is 16.8 Å². The van der Waals surface area contributed by atoms with E-state index in [1.807, 2.05) is 16.3 Å². The van der Waals surface area contributed by atoms with Gasteiger partial charge in [0.05, 0.1) is 5.69 Å². The molecule has 0 unspecified atom stereocenters. The molecule has 6 heteroatoms. The smallest absolute Gasteiger partial charge is 0.258 e. The van der Waals surface area contributed by atoms with Gasteiger partial charge in [0.1, 0.15) is 5.75 Å². The zero-order valence-corrected chi connectivity index (χ0v) is 16.0. The zero-order chi connectivity index (χ0) is 19.5. The highest BCUT2D eigenvalue weighted by molar-refractivity contribution is 7.10. The number of hydrogen-bond acceptors (Lipinski definition) is 4. The molecule has 5 nitrogen and oxygen atoms in total. The summed E-state index contributed by atoms with van der Waals surface area (Å²) in [7, 11) is 0. The second-order valence-electron chi connectivity index (χ2n) is 6.72. The molecule has 2 amide bonds. The molecule has 28 heavy (non-hydrogen) atoms. The summed E-state index contributed by atoms with van der Waals surface area (Å²) in [5.41, 5.74) is 2.69. The molecule has 0 radical (unpaired) electrons. The van der Waals surface area contributed by atoms with Gasteiger partial charge >= 0.3 is 0 Å². The van der Waals surface area contributed by atoms with Crippen LogP contribution in [0.15, 0.2) is 60.0 Å². The Kier molecular flexibility index (Phi) is 5.12. The van der Waals surface area contributed by atoms with Crippen LogP contribution < -0.4 is 10.2 Å². The van der Waals surface area contributed by atoms with Crippen molar-refractivity contribution in [1.29, 1.82) is 0 Å². The fourth-order valence-corrected chi connectivity index (χ4v) is 4.24. The van der Waals surface area contributed by atoms with E-state index in [-0.39, 0.29) is 17.6 Å². The van der Waals surface area contributed by atoms with Crippen LogP contribution in [0.2, 0.25) is 0 Å². The van der Waals surface area contributed by atoms with Crippen molar-refractivity contribution in [3.05, 3.63) is 76.0 Å². The van der Waals surface area contributed by atoms with Gasteiger partial charge in [0, 0.05) is 28.2 Å². The maximum Gasteiger partial charge on any atom is 0.258 e. The number of carbonyl (C=O) groups excluding carboxylic acids is 2. The topological polar surface area (TPSA) is 69.6 Å². The maximum absolute atomic E-state index is 13.0. The number of nitrogens with zero attached hydrogens (tertiary/aromatic N) is 1. The lowest BCUT2D eigenvalue weighted by molar-refractivity contribution is 0.0986. The summed E-state index contributed by atoms with van der Waals surface area (Å²) in [4.78, 5) is 28.4. The number of aryl methyl sites for hydroxylation is 1. The first-order valence-electron chi connectivity index (χ1n) is 9.20. The predicted molar refractivity (Wildman–Crippen MR) is 111 cm³/mol. The maximum atomic E-state index is 13.0. The molecule has 0 bridgehead atoms. The third-order valence-electron chi connectivity index (χ3n) is 4.81. The number of phenolic OH excluding ortho intramolecular Hbond substituents is 1. The molecule has 2 N–H and O–H groups in total. The van der Waals surface area contributed by atoms with Crippen LogP contribution in [0, 0.1) is 0 Å². The van der Waals surface area contributed by atoms with E-state index < -0.39 is 0 Å². The molecule has 0 aliphatic carbocycles. The SMILES string of the molecule is O=C(Nc1ccc(C(=O)N2CCCCc3sccc32)cc1)c1ccc(O)cc1. The van der Waals surface area contributed by atoms with Gasteiger partial charge in [-0.25, -0.2) is 0 Å². The number of rotatable bonds is 3. The van der Waals surface area contributed by atoms with E-state index in [1.54, 1.807) is 47.7 Å². The van der Waals surface area contributed by atoms with Crippen molar-refractivity contribution >= 4 is 34.5 Å². The number of nitrogens with one attached hydrogen (secondary N) is 1. The number of amides is 2. The zero-order valence-electron chi connectivity index (χ0n) is 15.2. The highest BCUT2D eigenvalue weighted by Crippen LogP contribution is 2.32. The molecule has 3 aromatic rings. The Balaban J connectivity index is 1.48. The molecule has 0 spiro atoms. The molecule has 2 heterocycles. The van der Waals surface area contributed by atoms with E-state index in [9.17, 15) is 14.7 Å². The van der Waals surface area contributed by atoms with Crippen LogP contribution in [0.3, 0.4) is 0 Å². The molecule has 142 valence electrons. The number of aromatic hydroxyl groups is 1. The minimum absolute atomic E-state index is 0.0158. The summed E-state index contributed by atoms with van der Waals surface area (Å²) in [6, 6.07) is 15.0. The third-order valence-corrected chi connectivity index (χ3v) is 5.78. The van der Waals surface area contributed by atoms with E-state index in [2.05, 4.69) is 5.32 Å². The predicted octanol–water partition coefficient (Wildman–Crippen LogP) is 4.69. The number of anilines is 2. The van der Waals surface area contributed by atoms with Crippen molar-refractivity contribution in [1.82, 2.24) is 0 Å². The molecule has 0 fully saturated rings. The first-order valence-corrected chi connectivity index (χ1v) is 10.1. The lowest BCUT2D eigenvalue weighted by Crippen LogP contribution is -2.31. The Morgan fingerprint density at radius 3 is 2.39 bits per heavy atom. The molecule has 0 atom stereocenters. The van der Waals surface area contributed by atoms with Crippen molar-refractivity contribution in [2.24, 2.45) is 0 Å². The van der Waals surface area contributed by atoms with Gasteiger partial charge in [0.2, 0.25) is 0 Å². The Morgan fingerprint density at radius 1 is 0.929 bits per heavy atom. The summed E-state index contributed by atoms with van der Waals surface area (Å²) >= 11 is 1.71. The van der Waals surface area contributed by atoms with Crippen molar-refractivity contribution in [2.45, 2.75) is 19.3 Å². The van der Waals surface area contributed by atoms with Crippen LogP contribution in [-0.4, -0.2) is 23.5 Å². The van der Waals surface area contributed by atoms with E-state index in [0.717, 1.165) is 31.5 Å². The molecule has 0 saturated carbocycles. The van der Waals surface area contributed by atoms with Crippen LogP contribution in [0.4, 0.5) is 11.4 Å². The Hall–Kier alpha value is -3.12. The largest absolute Gasteiger partial charge is 0.508 e. The minimum atomic E-state index is -0.269. The fourth-order valence-electron chi connectivity index (χ4n) is 3.32. The number of thiophene rings is 1. The summed E-state index contributed by atoms with van der Waals surface area (Å²) in [5.74, 6) is -0.172. The van der Waals surface area contributed by atoms with E-state index in [1.165, 1.54) is 17.0 Å². The Labute approximate surface area is 167 Å². The van der Waals surface area contributed by atoms with Gasteiger partial charge < -0.3 is 15.3 Å². The van der Waals surface area contributed by atoms with E-state index >= 15 is 0 Å². The fraction of sp³-hybridized carbons (Fsp3) is 0.182. The Bertz CT molecular complexity index is 993. The van der Waals surface area contributed by atoms with Crippen molar-refractivity contribution in [3.63, 3.8) is 0 Å². The average Bonchev–Trinajstić information content (AvgIpc) is 3.08. The third kappa shape index (κ3) is 3.77. The van der Waals surface area contributed by atoms with Gasteiger partial charge in [-0.2, -0.15) is 0 Å². The number of hydrogen-bond donors (Lipinski definition) is 2. The average molecular weight is 392 g/mol. The summed E-state index contributed by atoms with van der Waals surface area (Å²) in [6.45, 7) is 0.724. The highest BCUT2D eigenvalue weighted by atomic mass is 32.1. The molecule has 4 rings (SSSR count). The summed E-state index contributed by atoms with van der Waals surface area (Å²) in [6.07, 6.45) is 3.12. The molecule has 1 aromatic heterocycles. The van der Waals surface area contributed by atoms with Crippen molar-refractivity contribution in [3.8, 4) is 5.75 Å². The number of fused-ring (bicyclic) bond motifs is 1. The summed E-state index contributed by atoms with van der Waals surface area (Å²) in [5, 5.41) is 14.2. The van der Waals surface area contributed by atoms with Gasteiger partial charge in [0.15, 0.2) is 0 Å². The quantitative estimate of drug-likeness (QED) is 0.679. The normalized spacial score (nSPS) is 13.5. The number of carbonyl (C=O) groups is 2. The number of benzene rings is 2. The van der Waals surface area contributed by atoms with Crippen LogP contribution in [0.25, 0.3) is 0 Å². The van der Waals surface area contributed by atoms with Crippen LogP contribution in [0.5, 0.6) is 5.75 Å².